The molecule has 0 unspecified atom stereocenters. The summed E-state index contributed by atoms with van der Waals surface area (Å²) in [6.45, 7) is 1.16. The topological polar surface area (TPSA) is 18.5 Å². The normalized spacial score (nSPS) is 14.5. The first-order chi connectivity index (χ1) is 5.77. The van der Waals surface area contributed by atoms with Crippen LogP contribution in [0, 0.1) is 0 Å². The molecule has 2 nitrogen and oxygen atoms in total. The quantitative estimate of drug-likeness (QED) is 0.652. The maximum atomic E-state index is 5.83. The summed E-state index contributed by atoms with van der Waals surface area (Å²) in [5.41, 5.74) is 0. The molecule has 0 bridgehead atoms. The smallest absolute Gasteiger partial charge is 0.162 e. The minimum absolute atomic E-state index is 0.579. The Morgan fingerprint density at radius 3 is 2.42 bits per heavy atom. The number of benzene rings is 1. The first kappa shape index (κ1) is 8.08. The van der Waals surface area contributed by atoms with Gasteiger partial charge in [0, 0.05) is 11.0 Å². The average Bonchev–Trinajstić information content (AvgIpc) is 2.07. The van der Waals surface area contributed by atoms with E-state index in [1.165, 1.54) is 0 Å². The first-order valence-corrected chi connectivity index (χ1v) is 4.38. The number of thiol groups is 1. The van der Waals surface area contributed by atoms with Crippen LogP contribution in [-0.2, 0) is 0 Å². The molecule has 2 rings (SSSR count). The van der Waals surface area contributed by atoms with Crippen molar-refractivity contribution in [2.75, 3.05) is 13.2 Å². The highest BCUT2D eigenvalue weighted by atomic mass is 35.5. The maximum absolute atomic E-state index is 5.83. The highest BCUT2D eigenvalue weighted by Crippen LogP contribution is 2.36. The molecule has 0 aliphatic carbocycles. The van der Waals surface area contributed by atoms with Gasteiger partial charge in [-0.05, 0) is 6.07 Å². The second-order valence-electron chi connectivity index (χ2n) is 2.45. The molecule has 0 N–H and O–H groups in total. The van der Waals surface area contributed by atoms with Gasteiger partial charge in [0.05, 0.1) is 5.02 Å². The zero-order valence-electron chi connectivity index (χ0n) is 6.21. The van der Waals surface area contributed by atoms with Crippen molar-refractivity contribution in [2.45, 2.75) is 4.90 Å². The van der Waals surface area contributed by atoms with E-state index in [0.29, 0.717) is 28.9 Å². The Morgan fingerprint density at radius 1 is 1.17 bits per heavy atom. The number of hydrogen-bond donors (Lipinski definition) is 1. The van der Waals surface area contributed by atoms with E-state index >= 15 is 0 Å². The maximum Gasteiger partial charge on any atom is 0.162 e. The van der Waals surface area contributed by atoms with Gasteiger partial charge < -0.3 is 9.47 Å². The molecule has 0 saturated carbocycles. The summed E-state index contributed by atoms with van der Waals surface area (Å²) in [7, 11) is 0. The van der Waals surface area contributed by atoms with Crippen LogP contribution in [0.5, 0.6) is 11.5 Å². The van der Waals surface area contributed by atoms with Crippen molar-refractivity contribution in [2.24, 2.45) is 0 Å². The minimum atomic E-state index is 0.579. The van der Waals surface area contributed by atoms with Gasteiger partial charge in [-0.25, -0.2) is 0 Å². The van der Waals surface area contributed by atoms with Crippen LogP contribution in [-0.4, -0.2) is 13.2 Å². The van der Waals surface area contributed by atoms with Crippen LogP contribution in [0.2, 0.25) is 5.02 Å². The van der Waals surface area contributed by atoms with E-state index in [9.17, 15) is 0 Å². The Hall–Kier alpha value is -0.540. The molecule has 64 valence electrons. The van der Waals surface area contributed by atoms with Crippen LogP contribution < -0.4 is 9.47 Å². The van der Waals surface area contributed by atoms with E-state index in [4.69, 9.17) is 21.1 Å². The second-order valence-corrected chi connectivity index (χ2v) is 3.34. The fraction of sp³-hybridized carbons (Fsp3) is 0.250. The molecule has 0 spiro atoms. The average molecular weight is 203 g/mol. The Kier molecular flexibility index (Phi) is 2.07. The van der Waals surface area contributed by atoms with Gasteiger partial charge in [0.25, 0.3) is 0 Å². The van der Waals surface area contributed by atoms with Crippen molar-refractivity contribution in [3.8, 4) is 11.5 Å². The molecule has 1 aliphatic heterocycles. The molecular formula is C8H7ClO2S. The molecule has 1 aliphatic rings. The van der Waals surface area contributed by atoms with Gasteiger partial charge in [-0.2, -0.15) is 0 Å². The number of ether oxygens (including phenoxy) is 2. The van der Waals surface area contributed by atoms with Gasteiger partial charge >= 0.3 is 0 Å². The number of halogens is 1. The first-order valence-electron chi connectivity index (χ1n) is 3.55. The van der Waals surface area contributed by atoms with Crippen molar-refractivity contribution in [3.05, 3.63) is 17.2 Å². The van der Waals surface area contributed by atoms with Gasteiger partial charge in [-0.3, -0.25) is 0 Å². The predicted octanol–water partition coefficient (Wildman–Crippen LogP) is 2.40. The molecule has 0 amide bonds. The standard InChI is InChI=1S/C8H7ClO2S/c9-5-3-6-7(4-8(5)12)11-2-1-10-6/h3-4,12H,1-2H2. The summed E-state index contributed by atoms with van der Waals surface area (Å²) in [5, 5.41) is 0.586. The molecule has 0 fully saturated rings. The van der Waals surface area contributed by atoms with E-state index in [1.807, 2.05) is 0 Å². The molecule has 0 saturated heterocycles. The summed E-state index contributed by atoms with van der Waals surface area (Å²) in [6, 6.07) is 3.48. The molecule has 4 heteroatoms. The second kappa shape index (κ2) is 3.07. The lowest BCUT2D eigenvalue weighted by atomic mass is 10.3. The van der Waals surface area contributed by atoms with Crippen LogP contribution in [0.3, 0.4) is 0 Å². The number of rotatable bonds is 0. The van der Waals surface area contributed by atoms with Gasteiger partial charge in [-0.1, -0.05) is 11.6 Å². The van der Waals surface area contributed by atoms with Crippen molar-refractivity contribution in [1.29, 1.82) is 0 Å². The molecule has 0 radical (unpaired) electrons. The van der Waals surface area contributed by atoms with Crippen LogP contribution in [0.15, 0.2) is 17.0 Å². The lowest BCUT2D eigenvalue weighted by molar-refractivity contribution is 0.171. The predicted molar refractivity (Wildman–Crippen MR) is 49.7 cm³/mol. The van der Waals surface area contributed by atoms with Gasteiger partial charge in [-0.15, -0.1) is 12.6 Å². The molecule has 0 aromatic heterocycles. The highest BCUT2D eigenvalue weighted by molar-refractivity contribution is 7.80. The monoisotopic (exact) mass is 202 g/mol. The molecule has 0 atom stereocenters. The van der Waals surface area contributed by atoms with Crippen molar-refractivity contribution >= 4 is 24.2 Å². The third-order valence-corrected chi connectivity index (χ3v) is 2.43. The van der Waals surface area contributed by atoms with E-state index < -0.39 is 0 Å². The summed E-state index contributed by atoms with van der Waals surface area (Å²) < 4.78 is 10.6. The zero-order valence-corrected chi connectivity index (χ0v) is 7.86. The lowest BCUT2D eigenvalue weighted by Crippen LogP contribution is -2.15. The van der Waals surface area contributed by atoms with Crippen molar-refractivity contribution < 1.29 is 9.47 Å². The van der Waals surface area contributed by atoms with Crippen LogP contribution in [0.4, 0.5) is 0 Å². The minimum Gasteiger partial charge on any atom is -0.486 e. The summed E-state index contributed by atoms with van der Waals surface area (Å²) in [6.07, 6.45) is 0. The van der Waals surface area contributed by atoms with Gasteiger partial charge in [0.15, 0.2) is 11.5 Å². The molecule has 1 aromatic rings. The fourth-order valence-corrected chi connectivity index (χ4v) is 1.39. The molecule has 1 aromatic carbocycles. The van der Waals surface area contributed by atoms with E-state index in [1.54, 1.807) is 12.1 Å². The van der Waals surface area contributed by atoms with E-state index in [0.717, 1.165) is 5.75 Å². The third kappa shape index (κ3) is 1.34. The highest BCUT2D eigenvalue weighted by Gasteiger charge is 2.13. The van der Waals surface area contributed by atoms with Crippen LogP contribution in [0.25, 0.3) is 0 Å². The van der Waals surface area contributed by atoms with Gasteiger partial charge in [0.1, 0.15) is 13.2 Å². The summed E-state index contributed by atoms with van der Waals surface area (Å²) >= 11 is 10.00. The third-order valence-electron chi connectivity index (χ3n) is 1.61. The Bertz CT molecular complexity index is 283. The number of fused-ring (bicyclic) bond motifs is 1. The summed E-state index contributed by atoms with van der Waals surface area (Å²) in [4.78, 5) is 0.709. The van der Waals surface area contributed by atoms with E-state index in [-0.39, 0.29) is 0 Å². The van der Waals surface area contributed by atoms with Crippen LogP contribution in [0.1, 0.15) is 0 Å². The zero-order chi connectivity index (χ0) is 8.55. The lowest BCUT2D eigenvalue weighted by Gasteiger charge is -2.18. The molecule has 1 heterocycles. The Morgan fingerprint density at radius 2 is 1.75 bits per heavy atom. The SMILES string of the molecule is Sc1cc2c(cc1Cl)OCCO2. The largest absolute Gasteiger partial charge is 0.486 e. The van der Waals surface area contributed by atoms with Crippen molar-refractivity contribution in [1.82, 2.24) is 0 Å². The fourth-order valence-electron chi connectivity index (χ4n) is 1.05. The number of hydrogen-bond acceptors (Lipinski definition) is 3. The Balaban J connectivity index is 2.49. The molecule has 12 heavy (non-hydrogen) atoms. The van der Waals surface area contributed by atoms with Crippen molar-refractivity contribution in [3.63, 3.8) is 0 Å². The van der Waals surface area contributed by atoms with Gasteiger partial charge in [0.2, 0.25) is 0 Å². The Labute approximate surface area is 80.8 Å². The molecular weight excluding hydrogens is 196 g/mol. The van der Waals surface area contributed by atoms with E-state index in [2.05, 4.69) is 12.6 Å². The summed E-state index contributed by atoms with van der Waals surface area (Å²) in [5.74, 6) is 1.42. The van der Waals surface area contributed by atoms with Crippen LogP contribution >= 0.6 is 24.2 Å².